The first-order valence-corrected chi connectivity index (χ1v) is 45.9. The summed E-state index contributed by atoms with van der Waals surface area (Å²) in [4.78, 5) is 118. The predicted molar refractivity (Wildman–Crippen MR) is 524 cm³/mol. The number of aliphatic hydroxyl groups excluding tert-OH is 4. The largest absolute Gasteiger partial charge is 1.00 e. The second-order valence-corrected chi connectivity index (χ2v) is 35.6. The Labute approximate surface area is 840 Å². The number of rotatable bonds is 22. The smallest absolute Gasteiger partial charge is 0.573 e. The van der Waals surface area contributed by atoms with Crippen LogP contribution in [0.1, 0.15) is 201 Å². The number of hydrogen-bond donors (Lipinski definition) is 5. The summed E-state index contributed by atoms with van der Waals surface area (Å²) in [5.74, 6) is -4.86. The van der Waals surface area contributed by atoms with E-state index in [9.17, 15) is 72.0 Å². The Bertz CT molecular complexity index is 7110. The Hall–Kier alpha value is -17.7. The number of ether oxygens (including phenoxy) is 3. The van der Waals surface area contributed by atoms with E-state index in [-0.39, 0.29) is 93.0 Å². The molecule has 12 heterocycles. The molecule has 18 rings (SSSR count). The molecule has 4 unspecified atom stereocenters. The minimum atomic E-state index is -4.90. The number of H-pyrrole nitrogens is 2. The number of amides is 4. The van der Waals surface area contributed by atoms with Crippen LogP contribution in [0, 0.1) is 34.6 Å². The Morgan fingerprint density at radius 1 is 0.377 bits per heavy atom. The standard InChI is InChI=1S/C28H25N5O4.2C27H28N4O4.C24H16F3N7O4.ClH/c1-15(2)18-6-10-20(11-7-18)25(34)23-24(19-8-12-21(13-9-19)27-32-30-17(4)37-27)33(28(36)26(23)35)22-14-5-16(3)29-31-22;2*1-15(2)18-7-9-19(10-8-18)25(32)23-24(20-11-13-22(28-14-20)35-16(3)4)31(27(34)26(23)33)21-12-6-17(5)29-30-21;1-12-2-11-17(29-28-12)34-19(13-3-5-15(6-4-13)22-30-32-33-31-22)18(21(36)23(34)37)20(35)14-7-9-16(10-8-14)38-24(25,26)27;/h5-15,24,34H,1-4H3;2*6-16,24,32H,1-5H3;2-11,19,35H,1H3,(H,30,31,32,33);1H. The van der Waals surface area contributed by atoms with Crippen LogP contribution in [-0.4, -0.2) is 162 Å². The molecule has 4 aliphatic heterocycles. The molecule has 40 heteroatoms. The number of anilines is 4. The third-order valence-electron chi connectivity index (χ3n) is 23.6. The lowest BCUT2D eigenvalue weighted by Gasteiger charge is -2.24. The fourth-order valence-corrected chi connectivity index (χ4v) is 16.2. The summed E-state index contributed by atoms with van der Waals surface area (Å²) < 4.78 is 58.3. The quantitative estimate of drug-likeness (QED) is 0.0239. The number of carbonyl (C=O) groups excluding carboxylic acids is 8. The van der Waals surface area contributed by atoms with Gasteiger partial charge in [-0.15, -0.1) is 54.0 Å². The van der Waals surface area contributed by atoms with Crippen molar-refractivity contribution in [2.45, 2.75) is 164 Å². The van der Waals surface area contributed by atoms with Crippen molar-refractivity contribution in [1.29, 1.82) is 0 Å². The second kappa shape index (κ2) is 44.2. The Morgan fingerprint density at radius 2 is 0.712 bits per heavy atom. The number of ketones is 4. The van der Waals surface area contributed by atoms with Crippen LogP contribution in [0.5, 0.6) is 17.5 Å². The molecule has 0 saturated carbocycles. The number of carbonyl (C=O) groups is 8. The van der Waals surface area contributed by atoms with Gasteiger partial charge in [-0.25, -0.2) is 4.98 Å². The molecule has 36 nitrogen and oxygen atoms in total. The molecule has 0 spiro atoms. The summed E-state index contributed by atoms with van der Waals surface area (Å²) in [6.07, 6.45) is -1.78. The highest BCUT2D eigenvalue weighted by Gasteiger charge is 2.53. The molecule has 0 radical (unpaired) electrons. The number of halogens is 4. The van der Waals surface area contributed by atoms with Crippen LogP contribution in [0.3, 0.4) is 0 Å². The number of hydrogen-bond acceptors (Lipinski definition) is 30. The second-order valence-electron chi connectivity index (χ2n) is 35.6. The highest BCUT2D eigenvalue weighted by Crippen LogP contribution is 2.48. The molecule has 4 fully saturated rings. The van der Waals surface area contributed by atoms with E-state index in [2.05, 4.69) is 128 Å². The molecule has 6 N–H and O–H groups in total. The van der Waals surface area contributed by atoms with Crippen molar-refractivity contribution in [1.82, 2.24) is 76.6 Å². The molecule has 0 aliphatic carbocycles. The van der Waals surface area contributed by atoms with Crippen LogP contribution in [0.2, 0.25) is 0 Å². The first kappa shape index (κ1) is 104. The minimum absolute atomic E-state index is 0. The van der Waals surface area contributed by atoms with Gasteiger partial charge in [0.2, 0.25) is 23.5 Å². The van der Waals surface area contributed by atoms with Gasteiger partial charge < -0.3 is 51.5 Å². The molecule has 0 bridgehead atoms. The molecule has 8 aromatic heterocycles. The molecular weight excluding hydrogens is 1900 g/mol. The van der Waals surface area contributed by atoms with Gasteiger partial charge in [-0.05, 0) is 209 Å². The van der Waals surface area contributed by atoms with Gasteiger partial charge in [0.1, 0.15) is 34.8 Å². The summed E-state index contributed by atoms with van der Waals surface area (Å²) in [5, 5.41) is 99.1. The number of aromatic nitrogens is 16. The topological polar surface area (TPSA) is 482 Å². The van der Waals surface area contributed by atoms with Crippen LogP contribution >= 0.6 is 0 Å². The highest BCUT2D eigenvalue weighted by molar-refractivity contribution is 6.54. The lowest BCUT2D eigenvalue weighted by atomic mass is 9.93. The van der Waals surface area contributed by atoms with E-state index in [0.29, 0.717) is 120 Å². The number of aliphatic hydroxyl groups is 4. The molecule has 4 aliphatic rings. The SMILES string of the molecule is Cc1ccc(N2C(=O)C(=O)C(=C(O)c3ccc(C(C)C)cc3)C2c2ccc(-c3nnc(C)o3)cc2)nn1.Cc1ccc(N2C(=O)C(=O)C(=C(O)c3ccc(C(C)C)cc3)C2c2ccc(OC(C)C)[nH+]c2)nn1.Cc1ccc(N2C(=O)C(=O)C(=C(O)c3ccc(C(C)C)cc3)C2c2ccc(OC(C)C)nc2)nn1.Cc1ccc(N2C(=O)C(=O)C(=C(O)c3ccc(OC(F)(F)F)cc3)C2c2ccc(-c3nn[nH]n3)cc2)nn1.[Cl-]. The fourth-order valence-electron chi connectivity index (χ4n) is 16.2. The summed E-state index contributed by atoms with van der Waals surface area (Å²) in [5.41, 5.74) is 10.3. The molecule has 6 aromatic carbocycles. The molecule has 146 heavy (non-hydrogen) atoms. The van der Waals surface area contributed by atoms with Crippen molar-refractivity contribution < 1.29 is 108 Å². The van der Waals surface area contributed by atoms with Crippen molar-refractivity contribution in [2.24, 2.45) is 0 Å². The van der Waals surface area contributed by atoms with Gasteiger partial charge in [-0.3, -0.25) is 58.0 Å². The molecule has 14 aromatic rings. The van der Waals surface area contributed by atoms with Crippen molar-refractivity contribution >= 4 is 93.1 Å². The van der Waals surface area contributed by atoms with Gasteiger partial charge in [0.25, 0.3) is 23.1 Å². The predicted octanol–water partition coefficient (Wildman–Crippen LogP) is 14.2. The zero-order valence-corrected chi connectivity index (χ0v) is 82.1. The normalized spacial score (nSPS) is 17.2. The van der Waals surface area contributed by atoms with Gasteiger partial charge in [-0.2, -0.15) is 30.6 Å². The lowest BCUT2D eigenvalue weighted by molar-refractivity contribution is -0.397. The summed E-state index contributed by atoms with van der Waals surface area (Å²) >= 11 is 0. The number of nitrogens with one attached hydrogen (secondary N) is 2. The molecule has 4 atom stereocenters. The number of alkyl halides is 3. The molecule has 4 saturated heterocycles. The third kappa shape index (κ3) is 22.8. The lowest BCUT2D eigenvalue weighted by Crippen LogP contribution is -3.00. The van der Waals surface area contributed by atoms with Crippen molar-refractivity contribution in [3.8, 4) is 40.4 Å². The zero-order chi connectivity index (χ0) is 104. The molecular formula is C106H98ClF3N20O16. The molecule has 4 amide bonds. The van der Waals surface area contributed by atoms with Gasteiger partial charge in [0.15, 0.2) is 29.5 Å². The number of tetrazole rings is 1. The van der Waals surface area contributed by atoms with Gasteiger partial charge in [-0.1, -0.05) is 151 Å². The highest BCUT2D eigenvalue weighted by atomic mass is 35.5. The van der Waals surface area contributed by atoms with E-state index in [0.717, 1.165) is 45.9 Å². The van der Waals surface area contributed by atoms with Crippen LogP contribution in [0.25, 0.3) is 45.9 Å². The van der Waals surface area contributed by atoms with E-state index < -0.39 is 88.8 Å². The van der Waals surface area contributed by atoms with E-state index in [1.165, 1.54) is 27.0 Å². The zero-order valence-electron chi connectivity index (χ0n) is 81.4. The van der Waals surface area contributed by atoms with E-state index in [1.807, 2.05) is 64.1 Å². The van der Waals surface area contributed by atoms with Crippen molar-refractivity contribution in [2.75, 3.05) is 19.6 Å². The van der Waals surface area contributed by atoms with Crippen LogP contribution < -0.4 is 51.2 Å². The first-order valence-electron chi connectivity index (χ1n) is 45.9. The summed E-state index contributed by atoms with van der Waals surface area (Å²) in [7, 11) is 0. The van der Waals surface area contributed by atoms with E-state index in [1.54, 1.807) is 192 Å². The number of aromatic amines is 2. The maximum atomic E-state index is 13.3. The number of nitrogens with zero attached hydrogens (tertiary/aromatic N) is 18. The van der Waals surface area contributed by atoms with Crippen LogP contribution in [0.4, 0.5) is 36.4 Å². The van der Waals surface area contributed by atoms with Crippen LogP contribution in [-0.2, 0) is 38.4 Å². The number of benzene rings is 6. The van der Waals surface area contributed by atoms with Crippen molar-refractivity contribution in [3.63, 3.8) is 0 Å². The van der Waals surface area contributed by atoms with Crippen LogP contribution in [0.15, 0.2) is 257 Å². The average Bonchev–Trinajstić information content (AvgIpc) is 1.61. The monoisotopic (exact) mass is 2000 g/mol. The minimum Gasteiger partial charge on any atom is -1.00 e. The summed E-state index contributed by atoms with van der Waals surface area (Å²) in [6.45, 7) is 28.8. The number of aryl methyl sites for hydroxylation is 5. The Morgan fingerprint density at radius 3 is 1.00 bits per heavy atom. The maximum absolute atomic E-state index is 13.3. The summed E-state index contributed by atoms with van der Waals surface area (Å²) in [6, 6.07) is 55.9. The fraction of sp³-hybridized carbons (Fsp3) is 0.236. The molecule has 746 valence electrons. The number of pyridine rings is 2. The maximum Gasteiger partial charge on any atom is 0.573 e. The van der Waals surface area contributed by atoms with Crippen molar-refractivity contribution in [3.05, 3.63) is 343 Å². The number of Topliss-reactive ketones (excluding diaryl/α,β-unsaturated/α-hetero) is 4. The Balaban J connectivity index is 0.000000154. The first-order chi connectivity index (χ1) is 69.2. The van der Waals surface area contributed by atoms with E-state index >= 15 is 0 Å². The van der Waals surface area contributed by atoms with E-state index in [4.69, 9.17) is 13.9 Å². The van der Waals surface area contributed by atoms with Gasteiger partial charge in [0.05, 0.1) is 81.5 Å². The average molecular weight is 2000 g/mol. The third-order valence-corrected chi connectivity index (χ3v) is 23.6. The van der Waals surface area contributed by atoms with Gasteiger partial charge >= 0.3 is 35.9 Å². The Kier molecular flexibility index (Phi) is 31.6. The van der Waals surface area contributed by atoms with Gasteiger partial charge in [0, 0.05) is 58.1 Å².